The molecule has 2 heterocycles. The van der Waals surface area contributed by atoms with Crippen LogP contribution in [0.2, 0.25) is 0 Å². The van der Waals surface area contributed by atoms with E-state index in [0.29, 0.717) is 4.77 Å². The molecule has 0 radical (unpaired) electrons. The Balaban J connectivity index is 1.62. The van der Waals surface area contributed by atoms with Crippen LogP contribution in [0.25, 0.3) is 11.4 Å². The van der Waals surface area contributed by atoms with E-state index in [9.17, 15) is 0 Å². The van der Waals surface area contributed by atoms with Crippen molar-refractivity contribution < 1.29 is 4.74 Å². The molecule has 2 aromatic rings. The minimum Gasteiger partial charge on any atom is -0.497 e. The highest BCUT2D eigenvalue weighted by atomic mass is 32.1. The van der Waals surface area contributed by atoms with E-state index in [1.165, 1.54) is 6.54 Å². The van der Waals surface area contributed by atoms with Gasteiger partial charge in [0.2, 0.25) is 4.77 Å². The molecule has 1 aliphatic rings. The maximum Gasteiger partial charge on any atom is 0.217 e. The molecular formula is C18H27N5OS. The number of benzene rings is 1. The Morgan fingerprint density at radius 1 is 1.12 bits per heavy atom. The molecule has 1 fully saturated rings. The summed E-state index contributed by atoms with van der Waals surface area (Å²) >= 11 is 5.43. The van der Waals surface area contributed by atoms with Gasteiger partial charge in [-0.2, -0.15) is 4.98 Å². The van der Waals surface area contributed by atoms with Gasteiger partial charge in [-0.1, -0.05) is 13.8 Å². The summed E-state index contributed by atoms with van der Waals surface area (Å²) in [4.78, 5) is 9.46. The van der Waals surface area contributed by atoms with Crippen LogP contribution in [0, 0.1) is 10.7 Å². The molecule has 136 valence electrons. The quantitative estimate of drug-likeness (QED) is 0.802. The summed E-state index contributed by atoms with van der Waals surface area (Å²) in [6.07, 6.45) is 0. The molecule has 3 rings (SSSR count). The second-order valence-corrected chi connectivity index (χ2v) is 7.33. The number of methoxy groups -OCH3 is 1. The highest BCUT2D eigenvalue weighted by Gasteiger charge is 2.18. The van der Waals surface area contributed by atoms with Crippen LogP contribution in [0.1, 0.15) is 13.8 Å². The Morgan fingerprint density at radius 3 is 2.36 bits per heavy atom. The van der Waals surface area contributed by atoms with Gasteiger partial charge in [0.15, 0.2) is 5.82 Å². The first-order chi connectivity index (χ1) is 12.0. The van der Waals surface area contributed by atoms with E-state index in [0.717, 1.165) is 55.9 Å². The van der Waals surface area contributed by atoms with Crippen LogP contribution in [0.5, 0.6) is 5.75 Å². The highest BCUT2D eigenvalue weighted by Crippen LogP contribution is 2.19. The van der Waals surface area contributed by atoms with Crippen LogP contribution in [-0.4, -0.2) is 64.4 Å². The third kappa shape index (κ3) is 4.68. The van der Waals surface area contributed by atoms with Gasteiger partial charge in [-0.3, -0.25) is 10.00 Å². The molecule has 0 amide bonds. The van der Waals surface area contributed by atoms with E-state index < -0.39 is 0 Å². The van der Waals surface area contributed by atoms with E-state index in [1.807, 2.05) is 28.9 Å². The predicted octanol–water partition coefficient (Wildman–Crippen LogP) is 2.85. The topological polar surface area (TPSA) is 49.3 Å². The van der Waals surface area contributed by atoms with E-state index in [2.05, 4.69) is 33.7 Å². The highest BCUT2D eigenvalue weighted by molar-refractivity contribution is 7.71. The van der Waals surface area contributed by atoms with Gasteiger partial charge in [-0.25, -0.2) is 4.68 Å². The predicted molar refractivity (Wildman–Crippen MR) is 102 cm³/mol. The van der Waals surface area contributed by atoms with Crippen molar-refractivity contribution >= 4 is 12.2 Å². The van der Waals surface area contributed by atoms with Gasteiger partial charge in [0, 0.05) is 38.3 Å². The Labute approximate surface area is 154 Å². The molecule has 6 nitrogen and oxygen atoms in total. The van der Waals surface area contributed by atoms with Crippen molar-refractivity contribution in [2.24, 2.45) is 5.92 Å². The minimum atomic E-state index is 0.593. The molecule has 0 unspecified atom stereocenters. The smallest absolute Gasteiger partial charge is 0.217 e. The van der Waals surface area contributed by atoms with E-state index in [-0.39, 0.29) is 0 Å². The number of aromatic amines is 1. The van der Waals surface area contributed by atoms with Crippen molar-refractivity contribution in [2.75, 3.05) is 39.8 Å². The summed E-state index contributed by atoms with van der Waals surface area (Å²) in [5.41, 5.74) is 1.01. The summed E-state index contributed by atoms with van der Waals surface area (Å²) in [6.45, 7) is 10.8. The number of ether oxygens (including phenoxy) is 1. The van der Waals surface area contributed by atoms with Crippen LogP contribution in [0.3, 0.4) is 0 Å². The third-order valence-electron chi connectivity index (χ3n) is 4.47. The van der Waals surface area contributed by atoms with Crippen molar-refractivity contribution in [1.82, 2.24) is 24.6 Å². The number of aromatic nitrogens is 3. The van der Waals surface area contributed by atoms with Gasteiger partial charge < -0.3 is 9.64 Å². The average Bonchev–Trinajstić information content (AvgIpc) is 2.97. The summed E-state index contributed by atoms with van der Waals surface area (Å²) in [6, 6.07) is 7.83. The van der Waals surface area contributed by atoms with Crippen LogP contribution in [-0.2, 0) is 6.67 Å². The lowest BCUT2D eigenvalue weighted by atomic mass is 10.2. The molecule has 0 aliphatic carbocycles. The Morgan fingerprint density at radius 2 is 1.76 bits per heavy atom. The van der Waals surface area contributed by atoms with Crippen LogP contribution in [0.4, 0.5) is 0 Å². The number of hydrogen-bond donors (Lipinski definition) is 1. The van der Waals surface area contributed by atoms with E-state index >= 15 is 0 Å². The second-order valence-electron chi connectivity index (χ2n) is 6.97. The lowest BCUT2D eigenvalue weighted by molar-refractivity contribution is 0.0952. The maximum absolute atomic E-state index is 5.43. The SMILES string of the molecule is COc1ccc(-c2nc(=S)n(CN3CCN(CC(C)C)CC3)[nH]2)cc1. The summed E-state index contributed by atoms with van der Waals surface area (Å²) < 4.78 is 7.74. The van der Waals surface area contributed by atoms with Gasteiger partial charge in [0.1, 0.15) is 5.75 Å². The third-order valence-corrected chi connectivity index (χ3v) is 4.78. The van der Waals surface area contributed by atoms with Crippen molar-refractivity contribution in [3.63, 3.8) is 0 Å². The maximum atomic E-state index is 5.43. The lowest BCUT2D eigenvalue weighted by Gasteiger charge is -2.35. The van der Waals surface area contributed by atoms with Gasteiger partial charge in [-0.15, -0.1) is 0 Å². The van der Waals surface area contributed by atoms with Crippen molar-refractivity contribution in [1.29, 1.82) is 0 Å². The number of hydrogen-bond acceptors (Lipinski definition) is 5. The van der Waals surface area contributed by atoms with Gasteiger partial charge >= 0.3 is 0 Å². The Hall–Kier alpha value is -1.70. The first-order valence-electron chi connectivity index (χ1n) is 8.81. The molecule has 0 bridgehead atoms. The zero-order valence-corrected chi connectivity index (χ0v) is 16.1. The van der Waals surface area contributed by atoms with Crippen LogP contribution >= 0.6 is 12.2 Å². The number of rotatable bonds is 6. The summed E-state index contributed by atoms with van der Waals surface area (Å²) in [7, 11) is 1.66. The summed E-state index contributed by atoms with van der Waals surface area (Å²) in [5.74, 6) is 2.35. The fourth-order valence-electron chi connectivity index (χ4n) is 3.16. The van der Waals surface area contributed by atoms with E-state index in [1.54, 1.807) is 7.11 Å². The minimum absolute atomic E-state index is 0.593. The zero-order valence-electron chi connectivity index (χ0n) is 15.2. The fraction of sp³-hybridized carbons (Fsp3) is 0.556. The van der Waals surface area contributed by atoms with Crippen molar-refractivity contribution in [2.45, 2.75) is 20.5 Å². The van der Waals surface area contributed by atoms with E-state index in [4.69, 9.17) is 17.0 Å². The molecular weight excluding hydrogens is 334 g/mol. The molecule has 0 atom stereocenters. The first-order valence-corrected chi connectivity index (χ1v) is 9.22. The number of nitrogens with zero attached hydrogens (tertiary/aromatic N) is 4. The molecule has 1 aromatic carbocycles. The molecule has 0 saturated carbocycles. The zero-order chi connectivity index (χ0) is 17.8. The van der Waals surface area contributed by atoms with Crippen molar-refractivity contribution in [3.05, 3.63) is 29.0 Å². The molecule has 7 heteroatoms. The molecule has 25 heavy (non-hydrogen) atoms. The Kier molecular flexibility index (Phi) is 5.88. The fourth-order valence-corrected chi connectivity index (χ4v) is 3.35. The van der Waals surface area contributed by atoms with Gasteiger partial charge in [-0.05, 0) is 42.4 Å². The molecule has 1 N–H and O–H groups in total. The molecule has 1 aliphatic heterocycles. The monoisotopic (exact) mass is 361 g/mol. The normalized spacial score (nSPS) is 16.5. The molecule has 1 aromatic heterocycles. The number of nitrogens with one attached hydrogen (secondary N) is 1. The second kappa shape index (κ2) is 8.12. The average molecular weight is 362 g/mol. The number of H-pyrrole nitrogens is 1. The van der Waals surface area contributed by atoms with Gasteiger partial charge in [0.25, 0.3) is 0 Å². The first kappa shape index (κ1) is 18.1. The molecule has 0 spiro atoms. The summed E-state index contributed by atoms with van der Waals surface area (Å²) in [5, 5.41) is 3.33. The van der Waals surface area contributed by atoms with Gasteiger partial charge in [0.05, 0.1) is 13.8 Å². The van der Waals surface area contributed by atoms with Crippen LogP contribution in [0.15, 0.2) is 24.3 Å². The number of piperazine rings is 1. The van der Waals surface area contributed by atoms with Crippen LogP contribution < -0.4 is 4.74 Å². The standard InChI is InChI=1S/C18H27N5OS/c1-14(2)12-21-8-10-22(11-9-21)13-23-18(25)19-17(20-23)15-4-6-16(24-3)7-5-15/h4-7,14H,8-13H2,1-3H3,(H,19,20,25). The molecule has 1 saturated heterocycles. The lowest BCUT2D eigenvalue weighted by Crippen LogP contribution is -2.47. The largest absolute Gasteiger partial charge is 0.497 e. The Bertz CT molecular complexity index is 729. The van der Waals surface area contributed by atoms with Crippen molar-refractivity contribution in [3.8, 4) is 17.1 Å².